The minimum Gasteiger partial charge on any atom is -0.383 e. The van der Waals surface area contributed by atoms with Gasteiger partial charge in [-0.3, -0.25) is 0 Å². The smallest absolute Gasteiger partial charge is 0.0587 e. The lowest BCUT2D eigenvalue weighted by Gasteiger charge is -2.21. The number of hydrogen-bond acceptors (Lipinski definition) is 4. The average molecular weight is 247 g/mol. The molecule has 0 aromatic heterocycles. The number of unbranched alkanes of at least 4 members (excludes halogenated alkanes) is 1. The summed E-state index contributed by atoms with van der Waals surface area (Å²) in [5.74, 6) is 1.30. The lowest BCUT2D eigenvalue weighted by Crippen LogP contribution is -2.20. The summed E-state index contributed by atoms with van der Waals surface area (Å²) >= 11 is 2.13. The van der Waals surface area contributed by atoms with Crippen molar-refractivity contribution in [3.63, 3.8) is 0 Å². The summed E-state index contributed by atoms with van der Waals surface area (Å²) in [6.07, 6.45) is 5.09. The molecule has 1 N–H and O–H groups in total. The van der Waals surface area contributed by atoms with Crippen LogP contribution in [0.3, 0.4) is 0 Å². The molecule has 96 valence electrons. The van der Waals surface area contributed by atoms with Gasteiger partial charge in [-0.05, 0) is 38.0 Å². The molecule has 1 fully saturated rings. The first kappa shape index (κ1) is 14.3. The topological polar surface area (TPSA) is 30.5 Å². The van der Waals surface area contributed by atoms with E-state index in [2.05, 4.69) is 17.1 Å². The Morgan fingerprint density at radius 2 is 2.06 bits per heavy atom. The van der Waals surface area contributed by atoms with Crippen molar-refractivity contribution >= 4 is 11.8 Å². The third-order valence-electron chi connectivity index (χ3n) is 2.75. The van der Waals surface area contributed by atoms with E-state index in [0.29, 0.717) is 0 Å². The summed E-state index contributed by atoms with van der Waals surface area (Å²) in [7, 11) is 1.74. The second-order valence-corrected chi connectivity index (χ2v) is 5.54. The molecule has 0 bridgehead atoms. The van der Waals surface area contributed by atoms with Crippen molar-refractivity contribution < 1.29 is 9.47 Å². The maximum atomic E-state index is 5.35. The first-order valence-corrected chi connectivity index (χ1v) is 7.37. The van der Waals surface area contributed by atoms with E-state index in [0.717, 1.165) is 38.2 Å². The molecule has 0 unspecified atom stereocenters. The Balaban J connectivity index is 1.77. The summed E-state index contributed by atoms with van der Waals surface area (Å²) in [4.78, 5) is 0. The summed E-state index contributed by atoms with van der Waals surface area (Å²) in [6, 6.07) is 0. The van der Waals surface area contributed by atoms with Crippen LogP contribution in [0.25, 0.3) is 0 Å². The van der Waals surface area contributed by atoms with E-state index in [9.17, 15) is 0 Å². The molecule has 0 aliphatic carbocycles. The first-order chi connectivity index (χ1) is 7.93. The molecule has 0 aromatic carbocycles. The van der Waals surface area contributed by atoms with Crippen LogP contribution < -0.4 is 5.32 Å². The highest BCUT2D eigenvalue weighted by Crippen LogP contribution is 2.22. The average Bonchev–Trinajstić information content (AvgIpc) is 2.34. The molecular weight excluding hydrogens is 222 g/mol. The van der Waals surface area contributed by atoms with Crippen molar-refractivity contribution in [3.05, 3.63) is 0 Å². The molecule has 3 nitrogen and oxygen atoms in total. The van der Waals surface area contributed by atoms with E-state index in [-0.39, 0.29) is 0 Å². The quantitative estimate of drug-likeness (QED) is 0.631. The number of thioether (sulfide) groups is 1. The van der Waals surface area contributed by atoms with Gasteiger partial charge < -0.3 is 14.8 Å². The van der Waals surface area contributed by atoms with Gasteiger partial charge in [0.2, 0.25) is 0 Å². The molecule has 1 heterocycles. The highest BCUT2D eigenvalue weighted by atomic mass is 32.2. The molecular formula is C12H25NO2S. The van der Waals surface area contributed by atoms with Gasteiger partial charge in [-0.2, -0.15) is 11.8 Å². The van der Waals surface area contributed by atoms with Crippen LogP contribution in [0.1, 0.15) is 25.7 Å². The van der Waals surface area contributed by atoms with Gasteiger partial charge in [0.25, 0.3) is 0 Å². The fourth-order valence-corrected chi connectivity index (χ4v) is 2.97. The lowest BCUT2D eigenvalue weighted by molar-refractivity contribution is 0.100. The van der Waals surface area contributed by atoms with Crippen LogP contribution in [0, 0.1) is 0 Å². The van der Waals surface area contributed by atoms with E-state index in [4.69, 9.17) is 9.47 Å². The molecule has 16 heavy (non-hydrogen) atoms. The zero-order valence-electron chi connectivity index (χ0n) is 10.4. The van der Waals surface area contributed by atoms with Gasteiger partial charge in [0.1, 0.15) is 0 Å². The summed E-state index contributed by atoms with van der Waals surface area (Å²) < 4.78 is 10.3. The number of ether oxygens (including phenoxy) is 2. The Hall–Kier alpha value is 0.230. The maximum Gasteiger partial charge on any atom is 0.0587 e. The molecule has 0 spiro atoms. The molecule has 0 amide bonds. The normalized spacial score (nSPS) is 17.8. The van der Waals surface area contributed by atoms with Gasteiger partial charge in [0, 0.05) is 32.1 Å². The van der Waals surface area contributed by atoms with Crippen molar-refractivity contribution in [3.8, 4) is 0 Å². The van der Waals surface area contributed by atoms with Crippen molar-refractivity contribution in [1.29, 1.82) is 0 Å². The van der Waals surface area contributed by atoms with E-state index >= 15 is 0 Å². The molecule has 1 aliphatic rings. The highest BCUT2D eigenvalue weighted by molar-refractivity contribution is 7.99. The maximum absolute atomic E-state index is 5.35. The van der Waals surface area contributed by atoms with Gasteiger partial charge >= 0.3 is 0 Å². The van der Waals surface area contributed by atoms with Crippen LogP contribution in [0.2, 0.25) is 0 Å². The fraction of sp³-hybridized carbons (Fsp3) is 1.00. The summed E-state index contributed by atoms with van der Waals surface area (Å²) in [6.45, 7) is 4.85. The number of methoxy groups -OCH3 is 1. The van der Waals surface area contributed by atoms with Gasteiger partial charge in [0.15, 0.2) is 0 Å². The Morgan fingerprint density at radius 1 is 1.25 bits per heavy atom. The third kappa shape index (κ3) is 7.49. The summed E-state index contributed by atoms with van der Waals surface area (Å²) in [5.41, 5.74) is 0. The summed E-state index contributed by atoms with van der Waals surface area (Å²) in [5, 5.41) is 4.23. The molecule has 0 radical (unpaired) electrons. The van der Waals surface area contributed by atoms with Crippen LogP contribution in [-0.2, 0) is 9.47 Å². The van der Waals surface area contributed by atoms with E-state index in [1.165, 1.54) is 31.4 Å². The molecule has 1 aliphatic heterocycles. The fourth-order valence-electron chi connectivity index (χ4n) is 1.74. The molecule has 0 aromatic rings. The van der Waals surface area contributed by atoms with Crippen molar-refractivity contribution in [2.24, 2.45) is 0 Å². The van der Waals surface area contributed by atoms with Gasteiger partial charge in [-0.25, -0.2) is 0 Å². The van der Waals surface area contributed by atoms with Crippen molar-refractivity contribution in [1.82, 2.24) is 5.32 Å². The molecule has 1 saturated heterocycles. The zero-order valence-corrected chi connectivity index (χ0v) is 11.2. The second-order valence-electron chi connectivity index (χ2n) is 4.13. The predicted octanol–water partition coefficient (Wildman–Crippen LogP) is 1.91. The Morgan fingerprint density at radius 3 is 2.81 bits per heavy atom. The van der Waals surface area contributed by atoms with Gasteiger partial charge in [-0.15, -0.1) is 0 Å². The zero-order chi connectivity index (χ0) is 11.5. The van der Waals surface area contributed by atoms with E-state index in [1.807, 2.05) is 0 Å². The van der Waals surface area contributed by atoms with Crippen molar-refractivity contribution in [2.75, 3.05) is 45.8 Å². The Kier molecular flexibility index (Phi) is 9.28. The van der Waals surface area contributed by atoms with Crippen LogP contribution >= 0.6 is 11.8 Å². The predicted molar refractivity (Wildman–Crippen MR) is 70.3 cm³/mol. The van der Waals surface area contributed by atoms with Crippen LogP contribution in [0.4, 0.5) is 0 Å². The molecule has 4 heteroatoms. The molecule has 0 atom stereocenters. The van der Waals surface area contributed by atoms with Crippen LogP contribution in [0.5, 0.6) is 0 Å². The second kappa shape index (κ2) is 10.4. The first-order valence-electron chi connectivity index (χ1n) is 6.32. The number of rotatable bonds is 9. The minimum atomic E-state index is 0.816. The van der Waals surface area contributed by atoms with Gasteiger partial charge in [0.05, 0.1) is 6.61 Å². The molecule has 0 saturated carbocycles. The lowest BCUT2D eigenvalue weighted by atomic mass is 10.2. The van der Waals surface area contributed by atoms with Crippen molar-refractivity contribution in [2.45, 2.75) is 30.9 Å². The number of nitrogens with one attached hydrogen (secondary N) is 1. The van der Waals surface area contributed by atoms with E-state index < -0.39 is 0 Å². The Bertz CT molecular complexity index is 152. The SMILES string of the molecule is COCCNCCCCSC1CCOCC1. The minimum absolute atomic E-state index is 0.816. The van der Waals surface area contributed by atoms with E-state index in [1.54, 1.807) is 7.11 Å². The number of hydrogen-bond donors (Lipinski definition) is 1. The monoisotopic (exact) mass is 247 g/mol. The third-order valence-corrected chi connectivity index (χ3v) is 4.22. The molecule has 1 rings (SSSR count). The van der Waals surface area contributed by atoms with Crippen LogP contribution in [-0.4, -0.2) is 51.0 Å². The van der Waals surface area contributed by atoms with Gasteiger partial charge in [-0.1, -0.05) is 0 Å². The largest absolute Gasteiger partial charge is 0.383 e. The Labute approximate surface area is 104 Å². The highest BCUT2D eigenvalue weighted by Gasteiger charge is 2.13. The van der Waals surface area contributed by atoms with Crippen LogP contribution in [0.15, 0.2) is 0 Å². The standard InChI is InChI=1S/C12H25NO2S/c1-14-10-7-13-6-2-3-11-16-12-4-8-15-9-5-12/h12-13H,2-11H2,1H3.